The van der Waals surface area contributed by atoms with Crippen LogP contribution in [0.15, 0.2) is 66.2 Å². The normalized spacial score (nSPS) is 11.2. The van der Waals surface area contributed by atoms with E-state index in [0.717, 1.165) is 16.8 Å². The minimum Gasteiger partial charge on any atom is -0.457 e. The zero-order valence-corrected chi connectivity index (χ0v) is 14.3. The van der Waals surface area contributed by atoms with Gasteiger partial charge in [0.05, 0.1) is 0 Å². The van der Waals surface area contributed by atoms with Gasteiger partial charge in [0.25, 0.3) is 0 Å². The van der Waals surface area contributed by atoms with Gasteiger partial charge in [-0.2, -0.15) is 5.26 Å². The van der Waals surface area contributed by atoms with Gasteiger partial charge in [-0.1, -0.05) is 48.5 Å². The molecule has 0 spiro atoms. The Morgan fingerprint density at radius 3 is 2.36 bits per heavy atom. The summed E-state index contributed by atoms with van der Waals surface area (Å²) in [4.78, 5) is 14.0. The van der Waals surface area contributed by atoms with Crippen LogP contribution in [0.1, 0.15) is 11.1 Å². The van der Waals surface area contributed by atoms with Crippen LogP contribution in [-0.2, 0) is 9.53 Å². The van der Waals surface area contributed by atoms with Gasteiger partial charge < -0.3 is 9.64 Å². The molecule has 0 heterocycles. The van der Waals surface area contributed by atoms with E-state index < -0.39 is 5.97 Å². The lowest BCUT2D eigenvalue weighted by Crippen LogP contribution is -2.08. The Hall–Kier alpha value is -3.32. The van der Waals surface area contributed by atoms with Crippen molar-refractivity contribution in [3.8, 4) is 6.07 Å². The van der Waals surface area contributed by atoms with Crippen LogP contribution in [-0.4, -0.2) is 26.7 Å². The van der Waals surface area contributed by atoms with Crippen LogP contribution < -0.4 is 4.90 Å². The van der Waals surface area contributed by atoms with Gasteiger partial charge in [-0.3, -0.25) is 0 Å². The number of rotatable bonds is 6. The van der Waals surface area contributed by atoms with Crippen molar-refractivity contribution in [3.05, 3.63) is 77.4 Å². The van der Waals surface area contributed by atoms with Gasteiger partial charge in [-0.25, -0.2) is 4.79 Å². The highest BCUT2D eigenvalue weighted by molar-refractivity contribution is 5.98. The van der Waals surface area contributed by atoms with Gasteiger partial charge in [-0.15, -0.1) is 0 Å². The van der Waals surface area contributed by atoms with E-state index in [1.165, 1.54) is 6.08 Å². The fourth-order valence-electron chi connectivity index (χ4n) is 2.12. The average molecular weight is 332 g/mol. The zero-order chi connectivity index (χ0) is 18.1. The summed E-state index contributed by atoms with van der Waals surface area (Å²) in [7, 11) is 3.90. The van der Waals surface area contributed by atoms with Crippen LogP contribution in [0.25, 0.3) is 12.2 Å². The Morgan fingerprint density at radius 1 is 1.08 bits per heavy atom. The molecule has 25 heavy (non-hydrogen) atoms. The summed E-state index contributed by atoms with van der Waals surface area (Å²) in [5, 5.41) is 9.19. The number of hydrogen-bond donors (Lipinski definition) is 0. The predicted octanol–water partition coefficient (Wildman–Crippen LogP) is 3.92. The van der Waals surface area contributed by atoms with Crippen LogP contribution in [0, 0.1) is 11.3 Å². The van der Waals surface area contributed by atoms with E-state index in [4.69, 9.17) is 4.74 Å². The maximum absolute atomic E-state index is 12.0. The van der Waals surface area contributed by atoms with Crippen LogP contribution >= 0.6 is 0 Å². The fraction of sp³-hybridized carbons (Fsp3) is 0.143. The minimum absolute atomic E-state index is 0.0225. The van der Waals surface area contributed by atoms with Crippen LogP contribution in [0.2, 0.25) is 0 Å². The monoisotopic (exact) mass is 332 g/mol. The van der Waals surface area contributed by atoms with Crippen molar-refractivity contribution in [3.63, 3.8) is 0 Å². The molecule has 2 aromatic rings. The molecule has 0 aliphatic rings. The summed E-state index contributed by atoms with van der Waals surface area (Å²) in [6.07, 6.45) is 5.14. The number of nitrogens with zero attached hydrogens (tertiary/aromatic N) is 2. The third-order valence-electron chi connectivity index (χ3n) is 3.48. The van der Waals surface area contributed by atoms with Crippen molar-refractivity contribution in [2.24, 2.45) is 0 Å². The average Bonchev–Trinajstić information content (AvgIpc) is 2.64. The van der Waals surface area contributed by atoms with Crippen LogP contribution in [0.4, 0.5) is 5.69 Å². The quantitative estimate of drug-likeness (QED) is 0.457. The number of nitriles is 1. The van der Waals surface area contributed by atoms with E-state index in [0.29, 0.717) is 0 Å². The highest BCUT2D eigenvalue weighted by Gasteiger charge is 2.09. The van der Waals surface area contributed by atoms with Crippen molar-refractivity contribution in [2.75, 3.05) is 25.6 Å². The number of esters is 1. The third-order valence-corrected chi connectivity index (χ3v) is 3.48. The van der Waals surface area contributed by atoms with E-state index >= 15 is 0 Å². The topological polar surface area (TPSA) is 53.3 Å². The van der Waals surface area contributed by atoms with Crippen molar-refractivity contribution in [1.82, 2.24) is 0 Å². The molecule has 4 nitrogen and oxygen atoms in total. The van der Waals surface area contributed by atoms with E-state index in [1.807, 2.05) is 85.7 Å². The molecule has 126 valence electrons. The molecule has 0 saturated carbocycles. The van der Waals surface area contributed by atoms with Crippen molar-refractivity contribution >= 4 is 23.8 Å². The van der Waals surface area contributed by atoms with E-state index in [-0.39, 0.29) is 12.2 Å². The highest BCUT2D eigenvalue weighted by Crippen LogP contribution is 2.15. The standard InChI is InChI=1S/C21H20N2O2/c1-23(2)20-12-10-18(11-13-20)15-19(16-22)21(24)25-14-6-9-17-7-4-3-5-8-17/h3-13,15H,14H2,1-2H3. The van der Waals surface area contributed by atoms with E-state index in [1.54, 1.807) is 6.08 Å². The smallest absolute Gasteiger partial charge is 0.349 e. The molecule has 0 unspecified atom stereocenters. The Bertz CT molecular complexity index is 798. The SMILES string of the molecule is CN(C)c1ccc(C=C(C#N)C(=O)OCC=Cc2ccccc2)cc1. The summed E-state index contributed by atoms with van der Waals surface area (Å²) >= 11 is 0. The predicted molar refractivity (Wildman–Crippen MR) is 101 cm³/mol. The molecule has 0 fully saturated rings. The first-order valence-electron chi connectivity index (χ1n) is 7.88. The Labute approximate surface area is 148 Å². The molecule has 0 bridgehead atoms. The van der Waals surface area contributed by atoms with Crippen LogP contribution in [0.3, 0.4) is 0 Å². The Morgan fingerprint density at radius 2 is 1.76 bits per heavy atom. The van der Waals surface area contributed by atoms with E-state index in [9.17, 15) is 10.1 Å². The molecule has 2 aromatic carbocycles. The lowest BCUT2D eigenvalue weighted by Gasteiger charge is -2.11. The molecule has 0 aliphatic carbocycles. The second-order valence-electron chi connectivity index (χ2n) is 5.57. The summed E-state index contributed by atoms with van der Waals surface area (Å²) < 4.78 is 5.13. The first kappa shape index (κ1) is 18.0. The molecule has 4 heteroatoms. The second kappa shape index (κ2) is 9.09. The molecule has 0 N–H and O–H groups in total. The van der Waals surface area contributed by atoms with Gasteiger partial charge in [0.15, 0.2) is 0 Å². The van der Waals surface area contributed by atoms with Crippen molar-refractivity contribution < 1.29 is 9.53 Å². The largest absolute Gasteiger partial charge is 0.457 e. The summed E-state index contributed by atoms with van der Waals surface area (Å²) in [6.45, 7) is 0.117. The number of benzene rings is 2. The molecule has 0 atom stereocenters. The molecule has 0 aromatic heterocycles. The maximum atomic E-state index is 12.0. The van der Waals surface area contributed by atoms with Crippen molar-refractivity contribution in [2.45, 2.75) is 0 Å². The fourth-order valence-corrected chi connectivity index (χ4v) is 2.12. The van der Waals surface area contributed by atoms with Crippen molar-refractivity contribution in [1.29, 1.82) is 5.26 Å². The van der Waals surface area contributed by atoms with E-state index in [2.05, 4.69) is 0 Å². The molecule has 0 amide bonds. The summed E-state index contributed by atoms with van der Waals surface area (Å²) in [5.74, 6) is -0.628. The molecular weight excluding hydrogens is 312 g/mol. The lowest BCUT2D eigenvalue weighted by atomic mass is 10.1. The van der Waals surface area contributed by atoms with Gasteiger partial charge in [-0.05, 0) is 35.4 Å². The van der Waals surface area contributed by atoms with Gasteiger partial charge in [0.2, 0.25) is 0 Å². The minimum atomic E-state index is -0.628. The molecule has 0 radical (unpaired) electrons. The maximum Gasteiger partial charge on any atom is 0.349 e. The summed E-state index contributed by atoms with van der Waals surface area (Å²) in [6, 6.07) is 19.2. The van der Waals surface area contributed by atoms with Gasteiger partial charge >= 0.3 is 5.97 Å². The number of carbonyl (C=O) groups is 1. The number of ether oxygens (including phenoxy) is 1. The summed E-state index contributed by atoms with van der Waals surface area (Å²) in [5.41, 5.74) is 2.82. The Balaban J connectivity index is 1.96. The highest BCUT2D eigenvalue weighted by atomic mass is 16.5. The molecule has 0 saturated heterocycles. The molecule has 2 rings (SSSR count). The zero-order valence-electron chi connectivity index (χ0n) is 14.3. The Kier molecular flexibility index (Phi) is 6.56. The third kappa shape index (κ3) is 5.67. The lowest BCUT2D eigenvalue weighted by molar-refractivity contribution is -0.137. The second-order valence-corrected chi connectivity index (χ2v) is 5.57. The molecule has 0 aliphatic heterocycles. The molecular formula is C21H20N2O2. The van der Waals surface area contributed by atoms with Gasteiger partial charge in [0, 0.05) is 19.8 Å². The first-order valence-corrected chi connectivity index (χ1v) is 7.88. The first-order chi connectivity index (χ1) is 12.1. The number of anilines is 1. The van der Waals surface area contributed by atoms with Gasteiger partial charge in [0.1, 0.15) is 18.2 Å². The number of carbonyl (C=O) groups excluding carboxylic acids is 1. The van der Waals surface area contributed by atoms with Crippen LogP contribution in [0.5, 0.6) is 0 Å². The number of hydrogen-bond acceptors (Lipinski definition) is 4.